The summed E-state index contributed by atoms with van der Waals surface area (Å²) in [7, 11) is 1.81. The van der Waals surface area contributed by atoms with E-state index in [2.05, 4.69) is 15.0 Å². The average molecular weight is 463 g/mol. The maximum Gasteiger partial charge on any atom is 0.259 e. The first-order valence-electron chi connectivity index (χ1n) is 10.9. The minimum atomic E-state index is -0.107. The Morgan fingerprint density at radius 2 is 1.85 bits per heavy atom. The molecule has 0 unspecified atom stereocenters. The first-order chi connectivity index (χ1) is 15.8. The normalized spacial score (nSPS) is 20.6. The summed E-state index contributed by atoms with van der Waals surface area (Å²) in [5.74, 6) is 0.00814. The number of rotatable bonds is 3. The highest BCUT2D eigenvalue weighted by Crippen LogP contribution is 2.44. The van der Waals surface area contributed by atoms with E-state index >= 15 is 0 Å². The maximum atomic E-state index is 13.1. The van der Waals surface area contributed by atoms with Gasteiger partial charge in [-0.2, -0.15) is 5.10 Å². The second-order valence-corrected chi connectivity index (χ2v) is 9.84. The molecule has 1 atom stereocenters. The number of hydrogen-bond donors (Lipinski definition) is 0. The van der Waals surface area contributed by atoms with Gasteiger partial charge in [-0.15, -0.1) is 0 Å². The van der Waals surface area contributed by atoms with Gasteiger partial charge in [-0.3, -0.25) is 24.2 Å². The third-order valence-corrected chi connectivity index (χ3v) is 7.23. The van der Waals surface area contributed by atoms with Crippen LogP contribution in [-0.4, -0.2) is 57.7 Å². The van der Waals surface area contributed by atoms with Gasteiger partial charge in [0, 0.05) is 55.4 Å². The molecule has 2 fully saturated rings. The molecule has 2 saturated heterocycles. The molecule has 3 aliphatic rings. The summed E-state index contributed by atoms with van der Waals surface area (Å²) in [6.45, 7) is 5.25. The van der Waals surface area contributed by atoms with E-state index in [4.69, 9.17) is 11.6 Å². The first kappa shape index (κ1) is 20.2. The average Bonchev–Trinajstić information content (AvgIpc) is 3.27. The quantitative estimate of drug-likeness (QED) is 0.597. The predicted octanol–water partition coefficient (Wildman–Crippen LogP) is 3.15. The zero-order valence-electron chi connectivity index (χ0n) is 18.4. The number of halogens is 1. The number of nitrogens with zero attached hydrogens (tertiary/aromatic N) is 6. The molecule has 6 rings (SSSR count). The fourth-order valence-electron chi connectivity index (χ4n) is 5.35. The van der Waals surface area contributed by atoms with Crippen molar-refractivity contribution in [3.05, 3.63) is 70.8 Å². The van der Waals surface area contributed by atoms with Gasteiger partial charge in [0.25, 0.3) is 11.8 Å². The monoisotopic (exact) mass is 462 g/mol. The third kappa shape index (κ3) is 3.12. The lowest BCUT2D eigenvalue weighted by Gasteiger charge is -2.60. The molecule has 3 aromatic rings. The van der Waals surface area contributed by atoms with E-state index < -0.39 is 0 Å². The molecule has 0 aliphatic carbocycles. The van der Waals surface area contributed by atoms with Crippen LogP contribution >= 0.6 is 11.6 Å². The van der Waals surface area contributed by atoms with Crippen LogP contribution < -0.4 is 9.80 Å². The molecule has 168 valence electrons. The van der Waals surface area contributed by atoms with Crippen LogP contribution in [0.5, 0.6) is 0 Å². The van der Waals surface area contributed by atoms with Crippen LogP contribution in [0.25, 0.3) is 0 Å². The van der Waals surface area contributed by atoms with Gasteiger partial charge in [0.1, 0.15) is 0 Å². The number of carbonyl (C=O) groups is 2. The van der Waals surface area contributed by atoms with Crippen LogP contribution in [0, 0.1) is 5.41 Å². The molecule has 0 radical (unpaired) electrons. The highest BCUT2D eigenvalue weighted by atomic mass is 35.5. The molecule has 1 aromatic carbocycles. The Morgan fingerprint density at radius 1 is 1.09 bits per heavy atom. The minimum absolute atomic E-state index is 0.0308. The number of carbonyl (C=O) groups excluding carboxylic acids is 2. The molecular formula is C24H23ClN6O2. The van der Waals surface area contributed by atoms with E-state index in [1.54, 1.807) is 40.3 Å². The van der Waals surface area contributed by atoms with E-state index in [1.807, 2.05) is 37.2 Å². The van der Waals surface area contributed by atoms with Gasteiger partial charge in [-0.05, 0) is 36.8 Å². The molecular weight excluding hydrogens is 440 g/mol. The maximum absolute atomic E-state index is 13.1. The van der Waals surface area contributed by atoms with Crippen LogP contribution in [-0.2, 0) is 7.05 Å². The highest BCUT2D eigenvalue weighted by Gasteiger charge is 2.53. The fourth-order valence-corrected chi connectivity index (χ4v) is 5.53. The van der Waals surface area contributed by atoms with Gasteiger partial charge < -0.3 is 9.80 Å². The Bertz CT molecular complexity index is 1290. The van der Waals surface area contributed by atoms with Crippen molar-refractivity contribution in [2.45, 2.75) is 13.0 Å². The van der Waals surface area contributed by atoms with Crippen LogP contribution in [0.15, 0.2) is 49.1 Å². The van der Waals surface area contributed by atoms with Crippen molar-refractivity contribution < 1.29 is 9.59 Å². The standard InChI is InChI=1S/C24H23ClN6O2/c1-15-21-5-17(25)3-4-20(21)23(33)31(15)19-6-18(8-26-9-19)29-11-24(12-29)13-30(14-24)22(32)16-7-27-28(2)10-16/h3-10,15H,11-14H2,1-2H3/t15-/m1/s1. The van der Waals surface area contributed by atoms with Gasteiger partial charge in [0.2, 0.25) is 0 Å². The summed E-state index contributed by atoms with van der Waals surface area (Å²) in [6.07, 6.45) is 6.94. The Morgan fingerprint density at radius 3 is 2.58 bits per heavy atom. The van der Waals surface area contributed by atoms with Crippen molar-refractivity contribution in [1.29, 1.82) is 0 Å². The van der Waals surface area contributed by atoms with E-state index in [-0.39, 0.29) is 23.3 Å². The summed E-state index contributed by atoms with van der Waals surface area (Å²) in [5, 5.41) is 4.72. The van der Waals surface area contributed by atoms with Crippen LogP contribution in [0.3, 0.4) is 0 Å². The molecule has 2 amide bonds. The third-order valence-electron chi connectivity index (χ3n) is 7.00. The number of pyridine rings is 1. The van der Waals surface area contributed by atoms with E-state index in [0.29, 0.717) is 16.1 Å². The summed E-state index contributed by atoms with van der Waals surface area (Å²) < 4.78 is 1.65. The lowest BCUT2D eigenvalue weighted by Crippen LogP contribution is -2.73. The first-order valence-corrected chi connectivity index (χ1v) is 11.3. The molecule has 9 heteroatoms. The van der Waals surface area contributed by atoms with E-state index in [1.165, 1.54) is 0 Å². The summed E-state index contributed by atoms with van der Waals surface area (Å²) in [5.41, 5.74) is 4.16. The number of aromatic nitrogens is 3. The second-order valence-electron chi connectivity index (χ2n) is 9.40. The smallest absolute Gasteiger partial charge is 0.259 e. The van der Waals surface area contributed by atoms with Gasteiger partial charge in [0.05, 0.1) is 41.6 Å². The van der Waals surface area contributed by atoms with E-state index in [9.17, 15) is 9.59 Å². The SMILES string of the molecule is C[C@@H]1c2cc(Cl)ccc2C(=O)N1c1cncc(N2CC3(CN(C(=O)c4cnn(C)c4)C3)C2)c1. The van der Waals surface area contributed by atoms with Crippen molar-refractivity contribution in [3.63, 3.8) is 0 Å². The topological polar surface area (TPSA) is 74.6 Å². The zero-order chi connectivity index (χ0) is 22.9. The van der Waals surface area contributed by atoms with Gasteiger partial charge >= 0.3 is 0 Å². The number of benzene rings is 1. The zero-order valence-corrected chi connectivity index (χ0v) is 19.2. The predicted molar refractivity (Wildman–Crippen MR) is 125 cm³/mol. The summed E-state index contributed by atoms with van der Waals surface area (Å²) in [4.78, 5) is 36.0. The van der Waals surface area contributed by atoms with E-state index in [0.717, 1.165) is 43.1 Å². The highest BCUT2D eigenvalue weighted by molar-refractivity contribution is 6.31. The Hall–Kier alpha value is -3.39. The van der Waals surface area contributed by atoms with Crippen molar-refractivity contribution in [1.82, 2.24) is 19.7 Å². The second kappa shape index (κ2) is 7.05. The van der Waals surface area contributed by atoms with Gasteiger partial charge in [-0.25, -0.2) is 0 Å². The molecule has 1 spiro atoms. The van der Waals surface area contributed by atoms with Crippen LogP contribution in [0.4, 0.5) is 11.4 Å². The fraction of sp³-hybridized carbons (Fsp3) is 0.333. The number of hydrogen-bond acceptors (Lipinski definition) is 5. The van der Waals surface area contributed by atoms with Crippen molar-refractivity contribution in [2.75, 3.05) is 36.0 Å². The number of fused-ring (bicyclic) bond motifs is 1. The Labute approximate surface area is 196 Å². The van der Waals surface area contributed by atoms with Crippen molar-refractivity contribution in [2.24, 2.45) is 12.5 Å². The Kier molecular flexibility index (Phi) is 4.32. The largest absolute Gasteiger partial charge is 0.369 e. The number of anilines is 2. The van der Waals surface area contributed by atoms with Gasteiger partial charge in [-0.1, -0.05) is 11.6 Å². The van der Waals surface area contributed by atoms with Crippen molar-refractivity contribution >= 4 is 34.8 Å². The summed E-state index contributed by atoms with van der Waals surface area (Å²) in [6, 6.07) is 7.33. The molecule has 5 heterocycles. The molecule has 8 nitrogen and oxygen atoms in total. The van der Waals surface area contributed by atoms with Crippen LogP contribution in [0.2, 0.25) is 5.02 Å². The summed E-state index contributed by atoms with van der Waals surface area (Å²) >= 11 is 6.16. The lowest BCUT2D eigenvalue weighted by atomic mass is 9.72. The minimum Gasteiger partial charge on any atom is -0.369 e. The number of amides is 2. The molecule has 33 heavy (non-hydrogen) atoms. The molecule has 3 aliphatic heterocycles. The number of aryl methyl sites for hydroxylation is 1. The van der Waals surface area contributed by atoms with Crippen LogP contribution in [0.1, 0.15) is 39.2 Å². The molecule has 0 saturated carbocycles. The van der Waals surface area contributed by atoms with Crippen molar-refractivity contribution in [3.8, 4) is 0 Å². The number of likely N-dealkylation sites (tertiary alicyclic amines) is 1. The van der Waals surface area contributed by atoms with Gasteiger partial charge in [0.15, 0.2) is 0 Å². The Balaban J connectivity index is 1.14. The molecule has 0 bridgehead atoms. The molecule has 0 N–H and O–H groups in total. The molecule has 2 aromatic heterocycles. The lowest BCUT2D eigenvalue weighted by molar-refractivity contribution is -0.0105.